The van der Waals surface area contributed by atoms with E-state index < -0.39 is 6.04 Å². The Kier molecular flexibility index (Phi) is 12.3. The average Bonchev–Trinajstić information content (AvgIpc) is 2.90. The van der Waals surface area contributed by atoms with Gasteiger partial charge in [0.05, 0.1) is 15.8 Å². The Bertz CT molecular complexity index is 1160. The van der Waals surface area contributed by atoms with E-state index >= 15 is 0 Å². The summed E-state index contributed by atoms with van der Waals surface area (Å²) < 4.78 is 0.962. The number of amides is 2. The number of carbonyl (C=O) groups excluding carboxylic acids is 2. The Balaban J connectivity index is 1.82. The van der Waals surface area contributed by atoms with Crippen LogP contribution in [0, 0.1) is 0 Å². The van der Waals surface area contributed by atoms with Crippen LogP contribution in [0.2, 0.25) is 10.0 Å². The van der Waals surface area contributed by atoms with Gasteiger partial charge in [0, 0.05) is 29.7 Å². The summed E-state index contributed by atoms with van der Waals surface area (Å²) in [6.07, 6.45) is 2.32. The first kappa shape index (κ1) is 29.6. The maximum absolute atomic E-state index is 13.7. The Morgan fingerprint density at radius 2 is 1.65 bits per heavy atom. The molecule has 37 heavy (non-hydrogen) atoms. The van der Waals surface area contributed by atoms with Gasteiger partial charge in [-0.15, -0.1) is 11.8 Å². The van der Waals surface area contributed by atoms with E-state index in [0.29, 0.717) is 35.3 Å². The minimum absolute atomic E-state index is 0.0837. The monoisotopic (exact) mass is 620 g/mol. The van der Waals surface area contributed by atoms with Crippen LogP contribution in [0.4, 0.5) is 0 Å². The van der Waals surface area contributed by atoms with Crippen LogP contribution in [0.25, 0.3) is 0 Å². The second-order valence-corrected chi connectivity index (χ2v) is 11.5. The van der Waals surface area contributed by atoms with E-state index in [9.17, 15) is 9.59 Å². The Hall–Kier alpha value is -1.99. The molecule has 0 spiro atoms. The summed E-state index contributed by atoms with van der Waals surface area (Å²) >= 11 is 17.1. The Labute approximate surface area is 242 Å². The van der Waals surface area contributed by atoms with Gasteiger partial charge in [0.15, 0.2) is 0 Å². The molecule has 0 aromatic heterocycles. The summed E-state index contributed by atoms with van der Waals surface area (Å²) in [7, 11) is 0. The number of carbonyl (C=O) groups is 2. The lowest BCUT2D eigenvalue weighted by atomic mass is 10.0. The van der Waals surface area contributed by atoms with Crippen LogP contribution >= 0.6 is 50.9 Å². The molecule has 3 rings (SSSR count). The van der Waals surface area contributed by atoms with E-state index in [1.165, 1.54) is 11.8 Å². The molecule has 0 radical (unpaired) electrons. The SMILES string of the molecule is CCCCNC(=O)[C@@H](Cc1ccccc1)N(Cc1ccc(Br)cc1)C(=O)CSCc1ccc(Cl)c(Cl)c1. The predicted octanol–water partition coefficient (Wildman–Crippen LogP) is 7.55. The van der Waals surface area contributed by atoms with Crippen molar-refractivity contribution in [3.63, 3.8) is 0 Å². The first-order valence-electron chi connectivity index (χ1n) is 12.2. The molecule has 0 unspecified atom stereocenters. The van der Waals surface area contributed by atoms with Gasteiger partial charge in [-0.2, -0.15) is 0 Å². The second kappa shape index (κ2) is 15.4. The van der Waals surface area contributed by atoms with Gasteiger partial charge in [0.2, 0.25) is 11.8 Å². The molecule has 3 aromatic rings. The zero-order valence-corrected chi connectivity index (χ0v) is 24.7. The van der Waals surface area contributed by atoms with Gasteiger partial charge in [-0.05, 0) is 47.4 Å². The zero-order valence-electron chi connectivity index (χ0n) is 20.8. The highest BCUT2D eigenvalue weighted by atomic mass is 79.9. The molecule has 1 atom stereocenters. The lowest BCUT2D eigenvalue weighted by molar-refractivity contribution is -0.139. The fourth-order valence-electron chi connectivity index (χ4n) is 3.82. The molecule has 0 aliphatic carbocycles. The van der Waals surface area contributed by atoms with Crippen molar-refractivity contribution < 1.29 is 9.59 Å². The molecule has 8 heteroatoms. The highest BCUT2D eigenvalue weighted by molar-refractivity contribution is 9.10. The third kappa shape index (κ3) is 9.68. The number of benzene rings is 3. The number of thioether (sulfide) groups is 1. The molecule has 1 N–H and O–H groups in total. The third-order valence-electron chi connectivity index (χ3n) is 5.85. The van der Waals surface area contributed by atoms with E-state index in [1.807, 2.05) is 66.7 Å². The van der Waals surface area contributed by atoms with Gasteiger partial charge in [-0.1, -0.05) is 101 Å². The van der Waals surface area contributed by atoms with Crippen LogP contribution in [-0.4, -0.2) is 35.1 Å². The number of hydrogen-bond acceptors (Lipinski definition) is 3. The van der Waals surface area contributed by atoms with Crippen molar-refractivity contribution in [2.24, 2.45) is 0 Å². The van der Waals surface area contributed by atoms with E-state index in [0.717, 1.165) is 34.0 Å². The van der Waals surface area contributed by atoms with E-state index in [2.05, 4.69) is 28.2 Å². The van der Waals surface area contributed by atoms with E-state index in [1.54, 1.807) is 11.0 Å². The lowest BCUT2D eigenvalue weighted by Gasteiger charge is -2.31. The first-order valence-corrected chi connectivity index (χ1v) is 14.9. The number of nitrogens with zero attached hydrogens (tertiary/aromatic N) is 1. The topological polar surface area (TPSA) is 49.4 Å². The zero-order chi connectivity index (χ0) is 26.6. The molecule has 2 amide bonds. The third-order valence-corrected chi connectivity index (χ3v) is 8.10. The van der Waals surface area contributed by atoms with Crippen LogP contribution in [0.3, 0.4) is 0 Å². The summed E-state index contributed by atoms with van der Waals surface area (Å²) in [6, 6.07) is 22.6. The predicted molar refractivity (Wildman–Crippen MR) is 159 cm³/mol. The highest BCUT2D eigenvalue weighted by Crippen LogP contribution is 2.25. The van der Waals surface area contributed by atoms with E-state index in [4.69, 9.17) is 23.2 Å². The largest absolute Gasteiger partial charge is 0.354 e. The van der Waals surface area contributed by atoms with E-state index in [-0.39, 0.29) is 17.6 Å². The van der Waals surface area contributed by atoms with Crippen molar-refractivity contribution in [2.75, 3.05) is 12.3 Å². The average molecular weight is 622 g/mol. The lowest BCUT2D eigenvalue weighted by Crippen LogP contribution is -2.51. The van der Waals surface area contributed by atoms with Crippen LogP contribution in [0.1, 0.15) is 36.5 Å². The molecule has 3 aromatic carbocycles. The molecule has 196 valence electrons. The molecule has 0 heterocycles. The van der Waals surface area contributed by atoms with Crippen molar-refractivity contribution in [3.8, 4) is 0 Å². The van der Waals surface area contributed by atoms with Crippen molar-refractivity contribution in [2.45, 2.75) is 44.5 Å². The fraction of sp³-hybridized carbons (Fsp3) is 0.310. The van der Waals surface area contributed by atoms with Gasteiger partial charge in [0.1, 0.15) is 6.04 Å². The molecule has 0 fully saturated rings. The minimum Gasteiger partial charge on any atom is -0.354 e. The first-order chi connectivity index (χ1) is 17.9. The molecule has 0 aliphatic heterocycles. The summed E-state index contributed by atoms with van der Waals surface area (Å²) in [5.41, 5.74) is 2.96. The maximum Gasteiger partial charge on any atom is 0.243 e. The molecular formula is C29H31BrCl2N2O2S. The normalized spacial score (nSPS) is 11.7. The number of unbranched alkanes of at least 4 members (excludes halogenated alkanes) is 1. The van der Waals surface area contributed by atoms with Crippen LogP contribution in [-0.2, 0) is 28.3 Å². The van der Waals surface area contributed by atoms with Crippen molar-refractivity contribution in [1.82, 2.24) is 10.2 Å². The van der Waals surface area contributed by atoms with Gasteiger partial charge in [-0.25, -0.2) is 0 Å². The van der Waals surface area contributed by atoms with Crippen LogP contribution in [0.15, 0.2) is 77.3 Å². The second-order valence-electron chi connectivity index (χ2n) is 8.74. The van der Waals surface area contributed by atoms with Crippen molar-refractivity contribution >= 4 is 62.7 Å². The van der Waals surface area contributed by atoms with Gasteiger partial charge >= 0.3 is 0 Å². The molecule has 4 nitrogen and oxygen atoms in total. The highest BCUT2D eigenvalue weighted by Gasteiger charge is 2.30. The number of hydrogen-bond donors (Lipinski definition) is 1. The fourth-order valence-corrected chi connectivity index (χ4v) is 5.26. The minimum atomic E-state index is -0.624. The number of nitrogens with one attached hydrogen (secondary N) is 1. The van der Waals surface area contributed by atoms with Crippen molar-refractivity contribution in [1.29, 1.82) is 0 Å². The smallest absolute Gasteiger partial charge is 0.243 e. The number of halogens is 3. The summed E-state index contributed by atoms with van der Waals surface area (Å²) in [4.78, 5) is 28.8. The van der Waals surface area contributed by atoms with Gasteiger partial charge < -0.3 is 10.2 Å². The van der Waals surface area contributed by atoms with Crippen molar-refractivity contribution in [3.05, 3.63) is 104 Å². The molecule has 0 aliphatic rings. The Morgan fingerprint density at radius 1 is 0.946 bits per heavy atom. The summed E-state index contributed by atoms with van der Waals surface area (Å²) in [5.74, 6) is 0.641. The quantitative estimate of drug-likeness (QED) is 0.201. The molecule has 0 bridgehead atoms. The van der Waals surface area contributed by atoms with Gasteiger partial charge in [0.25, 0.3) is 0 Å². The maximum atomic E-state index is 13.7. The Morgan fingerprint density at radius 3 is 2.32 bits per heavy atom. The molecular weight excluding hydrogens is 591 g/mol. The summed E-state index contributed by atoms with van der Waals surface area (Å²) in [5, 5.41) is 4.05. The molecule has 0 saturated carbocycles. The van der Waals surface area contributed by atoms with Gasteiger partial charge in [-0.3, -0.25) is 9.59 Å². The molecule has 0 saturated heterocycles. The standard InChI is InChI=1S/C29H31BrCl2N2O2S/c1-2-3-15-33-29(36)27(17-21-7-5-4-6-8-21)34(18-22-9-12-24(30)13-10-22)28(35)20-37-19-23-11-14-25(31)26(32)16-23/h4-14,16,27H,2-3,15,17-20H2,1H3,(H,33,36)/t27-/m1/s1. The van der Waals surface area contributed by atoms with Crippen LogP contribution < -0.4 is 5.32 Å². The van der Waals surface area contributed by atoms with Crippen LogP contribution in [0.5, 0.6) is 0 Å². The number of rotatable bonds is 13. The summed E-state index contributed by atoms with van der Waals surface area (Å²) in [6.45, 7) is 3.02.